The summed E-state index contributed by atoms with van der Waals surface area (Å²) in [6.45, 7) is 0.641. The van der Waals surface area contributed by atoms with Crippen molar-refractivity contribution in [3.63, 3.8) is 0 Å². The third-order valence-electron chi connectivity index (χ3n) is 3.53. The Hall–Kier alpha value is -2.19. The Labute approximate surface area is 135 Å². The van der Waals surface area contributed by atoms with E-state index in [1.807, 2.05) is 24.4 Å². The third-order valence-corrected chi connectivity index (χ3v) is 3.79. The second-order valence-corrected chi connectivity index (χ2v) is 5.43. The van der Waals surface area contributed by atoms with Crippen molar-refractivity contribution in [1.29, 1.82) is 0 Å². The molecule has 0 aliphatic heterocycles. The second kappa shape index (κ2) is 7.19. The van der Waals surface area contributed by atoms with Crippen molar-refractivity contribution in [3.8, 4) is 5.75 Å². The van der Waals surface area contributed by atoms with Crippen molar-refractivity contribution in [1.82, 2.24) is 4.98 Å². The number of benzene rings is 2. The van der Waals surface area contributed by atoms with Crippen LogP contribution in [-0.2, 0) is 0 Å². The first kappa shape index (κ1) is 14.7. The van der Waals surface area contributed by atoms with Crippen molar-refractivity contribution in [2.75, 3.05) is 12.5 Å². The van der Waals surface area contributed by atoms with Crippen molar-refractivity contribution >= 4 is 34.7 Å². The molecule has 3 aromatic rings. The summed E-state index contributed by atoms with van der Waals surface area (Å²) < 4.78 is 5.80. The van der Waals surface area contributed by atoms with E-state index < -0.39 is 0 Å². The van der Waals surface area contributed by atoms with E-state index in [1.165, 1.54) is 10.9 Å². The number of fused-ring (bicyclic) bond motifs is 1. The van der Waals surface area contributed by atoms with Gasteiger partial charge in [-0.3, -0.25) is 0 Å². The number of rotatable bonds is 6. The SMILES string of the molecule is ClCCCOc1ccccc1C=Cc1cccc2[nH]ccc12. The number of hydrogen-bond acceptors (Lipinski definition) is 1. The number of alkyl halides is 1. The molecule has 22 heavy (non-hydrogen) atoms. The van der Waals surface area contributed by atoms with Crippen LogP contribution in [0.15, 0.2) is 54.7 Å². The molecule has 0 saturated heterocycles. The molecule has 3 heteroatoms. The Kier molecular flexibility index (Phi) is 4.81. The molecule has 0 radical (unpaired) electrons. The minimum atomic E-state index is 0.619. The molecule has 2 nitrogen and oxygen atoms in total. The molecule has 2 aromatic carbocycles. The van der Waals surface area contributed by atoms with Gasteiger partial charge in [0, 0.05) is 28.5 Å². The highest BCUT2D eigenvalue weighted by Gasteiger charge is 2.01. The Balaban J connectivity index is 1.84. The Morgan fingerprint density at radius 2 is 1.77 bits per heavy atom. The van der Waals surface area contributed by atoms with Gasteiger partial charge in [-0.15, -0.1) is 11.6 Å². The minimum absolute atomic E-state index is 0.619. The van der Waals surface area contributed by atoms with E-state index in [0.29, 0.717) is 12.5 Å². The smallest absolute Gasteiger partial charge is 0.126 e. The van der Waals surface area contributed by atoms with E-state index in [1.54, 1.807) is 0 Å². The highest BCUT2D eigenvalue weighted by molar-refractivity contribution is 6.17. The van der Waals surface area contributed by atoms with E-state index in [9.17, 15) is 0 Å². The van der Waals surface area contributed by atoms with Crippen molar-refractivity contribution in [2.24, 2.45) is 0 Å². The average Bonchev–Trinajstić information content (AvgIpc) is 3.03. The van der Waals surface area contributed by atoms with Gasteiger partial charge in [-0.05, 0) is 30.2 Å². The maximum absolute atomic E-state index is 5.80. The molecule has 3 rings (SSSR count). The van der Waals surface area contributed by atoms with E-state index in [4.69, 9.17) is 16.3 Å². The first-order valence-electron chi connectivity index (χ1n) is 7.40. The van der Waals surface area contributed by atoms with Gasteiger partial charge in [-0.1, -0.05) is 42.5 Å². The summed E-state index contributed by atoms with van der Waals surface area (Å²) in [6.07, 6.45) is 7.03. The van der Waals surface area contributed by atoms with Gasteiger partial charge in [0.2, 0.25) is 0 Å². The van der Waals surface area contributed by atoms with Gasteiger partial charge in [-0.25, -0.2) is 0 Å². The maximum atomic E-state index is 5.80. The molecule has 0 bridgehead atoms. The highest BCUT2D eigenvalue weighted by atomic mass is 35.5. The number of aromatic amines is 1. The normalized spacial score (nSPS) is 11.3. The Morgan fingerprint density at radius 1 is 0.955 bits per heavy atom. The van der Waals surface area contributed by atoms with Crippen molar-refractivity contribution in [2.45, 2.75) is 6.42 Å². The lowest BCUT2D eigenvalue weighted by Crippen LogP contribution is -1.98. The lowest BCUT2D eigenvalue weighted by molar-refractivity contribution is 0.317. The zero-order chi connectivity index (χ0) is 15.2. The molecular weight excluding hydrogens is 294 g/mol. The first-order chi connectivity index (χ1) is 10.9. The number of H-pyrrole nitrogens is 1. The predicted octanol–water partition coefficient (Wildman–Crippen LogP) is 5.35. The van der Waals surface area contributed by atoms with Crippen LogP contribution in [0.25, 0.3) is 23.1 Å². The molecule has 0 atom stereocenters. The Bertz CT molecular complexity index is 776. The number of para-hydroxylation sites is 1. The van der Waals surface area contributed by atoms with E-state index in [0.717, 1.165) is 23.3 Å². The summed E-state index contributed by atoms with van der Waals surface area (Å²) in [5.41, 5.74) is 3.41. The van der Waals surface area contributed by atoms with Crippen LogP contribution in [-0.4, -0.2) is 17.5 Å². The molecule has 0 saturated carbocycles. The number of hydrogen-bond donors (Lipinski definition) is 1. The summed E-state index contributed by atoms with van der Waals surface area (Å²) in [6, 6.07) is 16.4. The summed E-state index contributed by atoms with van der Waals surface area (Å²) in [5, 5.41) is 1.22. The molecule has 0 aliphatic rings. The standard InChI is InChI=1S/C19H18ClNO/c20-12-4-14-22-19-8-2-1-5-16(19)10-9-15-6-3-7-18-17(15)11-13-21-18/h1-3,5-11,13,21H,4,12,14H2. The summed E-state index contributed by atoms with van der Waals surface area (Å²) in [5.74, 6) is 1.51. The van der Waals surface area contributed by atoms with Crippen LogP contribution in [0.1, 0.15) is 17.5 Å². The zero-order valence-electron chi connectivity index (χ0n) is 12.3. The van der Waals surface area contributed by atoms with Gasteiger partial charge in [0.05, 0.1) is 6.61 Å². The molecule has 1 aromatic heterocycles. The van der Waals surface area contributed by atoms with E-state index in [-0.39, 0.29) is 0 Å². The Morgan fingerprint density at radius 3 is 2.68 bits per heavy atom. The van der Waals surface area contributed by atoms with Gasteiger partial charge in [-0.2, -0.15) is 0 Å². The largest absolute Gasteiger partial charge is 0.493 e. The third kappa shape index (κ3) is 3.34. The van der Waals surface area contributed by atoms with Crippen LogP contribution in [0, 0.1) is 0 Å². The lowest BCUT2D eigenvalue weighted by Gasteiger charge is -2.08. The van der Waals surface area contributed by atoms with Gasteiger partial charge < -0.3 is 9.72 Å². The van der Waals surface area contributed by atoms with Crippen molar-refractivity contribution < 1.29 is 4.74 Å². The van der Waals surface area contributed by atoms with Gasteiger partial charge in [0.25, 0.3) is 0 Å². The van der Waals surface area contributed by atoms with Crippen LogP contribution in [0.2, 0.25) is 0 Å². The van der Waals surface area contributed by atoms with Crippen LogP contribution in [0.4, 0.5) is 0 Å². The van der Waals surface area contributed by atoms with Crippen LogP contribution in [0.3, 0.4) is 0 Å². The van der Waals surface area contributed by atoms with Gasteiger partial charge in [0.15, 0.2) is 0 Å². The molecule has 0 spiro atoms. The lowest BCUT2D eigenvalue weighted by atomic mass is 10.1. The molecule has 1 heterocycles. The molecule has 0 aliphatic carbocycles. The number of halogens is 1. The van der Waals surface area contributed by atoms with Crippen molar-refractivity contribution in [3.05, 3.63) is 65.9 Å². The van der Waals surface area contributed by atoms with E-state index >= 15 is 0 Å². The van der Waals surface area contributed by atoms with Crippen LogP contribution in [0.5, 0.6) is 5.75 Å². The first-order valence-corrected chi connectivity index (χ1v) is 7.94. The molecule has 0 unspecified atom stereocenters. The topological polar surface area (TPSA) is 25.0 Å². The van der Waals surface area contributed by atoms with E-state index in [2.05, 4.69) is 47.5 Å². The molecule has 0 fully saturated rings. The monoisotopic (exact) mass is 311 g/mol. The fraction of sp³-hybridized carbons (Fsp3) is 0.158. The molecule has 1 N–H and O–H groups in total. The molecular formula is C19H18ClNO. The van der Waals surface area contributed by atoms with Gasteiger partial charge >= 0.3 is 0 Å². The zero-order valence-corrected chi connectivity index (χ0v) is 13.0. The van der Waals surface area contributed by atoms with Crippen LogP contribution < -0.4 is 4.74 Å². The molecule has 0 amide bonds. The summed E-state index contributed by atoms with van der Waals surface area (Å²) in [7, 11) is 0. The minimum Gasteiger partial charge on any atom is -0.493 e. The molecule has 112 valence electrons. The summed E-state index contributed by atoms with van der Waals surface area (Å²) >= 11 is 5.70. The second-order valence-electron chi connectivity index (χ2n) is 5.05. The predicted molar refractivity (Wildman–Crippen MR) is 94.5 cm³/mol. The number of aromatic nitrogens is 1. The number of nitrogens with one attached hydrogen (secondary N) is 1. The highest BCUT2D eigenvalue weighted by Crippen LogP contribution is 2.23. The van der Waals surface area contributed by atoms with Crippen LogP contribution >= 0.6 is 11.6 Å². The quantitative estimate of drug-likeness (QED) is 0.371. The fourth-order valence-electron chi connectivity index (χ4n) is 2.42. The van der Waals surface area contributed by atoms with Gasteiger partial charge in [0.1, 0.15) is 5.75 Å². The number of ether oxygens (including phenoxy) is 1. The fourth-order valence-corrected chi connectivity index (χ4v) is 2.53. The average molecular weight is 312 g/mol. The summed E-state index contributed by atoms with van der Waals surface area (Å²) in [4.78, 5) is 3.23. The maximum Gasteiger partial charge on any atom is 0.126 e.